The van der Waals surface area contributed by atoms with Crippen LogP contribution in [0.1, 0.15) is 18.1 Å². The molecule has 72 valence electrons. The highest BCUT2D eigenvalue weighted by Gasteiger charge is 2.33. The molecule has 0 bridgehead atoms. The minimum absolute atomic E-state index is 0.522. The lowest BCUT2D eigenvalue weighted by Crippen LogP contribution is -2.41. The molecule has 1 aromatic carbocycles. The van der Waals surface area contributed by atoms with E-state index in [0.717, 1.165) is 17.4 Å². The van der Waals surface area contributed by atoms with Crippen LogP contribution in [0.25, 0.3) is 6.08 Å². The Hall–Kier alpha value is -1.57. The van der Waals surface area contributed by atoms with E-state index in [1.54, 1.807) is 0 Å². The second-order valence-electron chi connectivity index (χ2n) is 3.78. The van der Waals surface area contributed by atoms with E-state index in [0.29, 0.717) is 0 Å². The van der Waals surface area contributed by atoms with Gasteiger partial charge in [0, 0.05) is 13.2 Å². The van der Waals surface area contributed by atoms with Crippen molar-refractivity contribution in [3.63, 3.8) is 0 Å². The third-order valence-corrected chi connectivity index (χ3v) is 2.95. The Morgan fingerprint density at radius 1 is 1.36 bits per heavy atom. The van der Waals surface area contributed by atoms with Gasteiger partial charge in [-0.3, -0.25) is 0 Å². The number of likely N-dealkylation sites (N-methyl/N-ethyl adjacent to an activating group) is 1. The predicted octanol–water partition coefficient (Wildman–Crippen LogP) is 2.02. The molecule has 0 saturated carbocycles. The summed E-state index contributed by atoms with van der Waals surface area (Å²) >= 11 is 0. The summed E-state index contributed by atoms with van der Waals surface area (Å²) < 4.78 is 0. The number of fused-ring (bicyclic) bond motifs is 1. The van der Waals surface area contributed by atoms with Crippen LogP contribution in [0, 0.1) is 0 Å². The summed E-state index contributed by atoms with van der Waals surface area (Å²) in [7, 11) is 1.92. The zero-order chi connectivity index (χ0) is 10.2. The van der Waals surface area contributed by atoms with Crippen molar-refractivity contribution in [1.82, 2.24) is 4.90 Å². The minimum atomic E-state index is -0.522. The molecule has 0 aromatic heterocycles. The molecule has 0 amide bonds. The largest absolute Gasteiger partial charge is 0.365 e. The van der Waals surface area contributed by atoms with E-state index in [-0.39, 0.29) is 0 Å². The minimum Gasteiger partial charge on any atom is -0.365 e. The molecule has 2 nitrogen and oxygen atoms in total. The Balaban J connectivity index is 2.65. The van der Waals surface area contributed by atoms with Crippen LogP contribution in [-0.2, 0) is 10.3 Å². The maximum atomic E-state index is 11.2. The number of rotatable bonds is 1. The van der Waals surface area contributed by atoms with E-state index in [1.807, 2.05) is 55.4 Å². The van der Waals surface area contributed by atoms with Gasteiger partial charge in [0.2, 0.25) is 0 Å². The van der Waals surface area contributed by atoms with E-state index in [9.17, 15) is 4.79 Å². The molecule has 2 rings (SSSR count). The monoisotopic (exact) mass is 187 g/mol. The van der Waals surface area contributed by atoms with Crippen molar-refractivity contribution in [3.05, 3.63) is 41.6 Å². The Morgan fingerprint density at radius 2 is 2.07 bits per heavy atom. The molecule has 0 saturated heterocycles. The van der Waals surface area contributed by atoms with Gasteiger partial charge < -0.3 is 9.69 Å². The molecule has 1 aliphatic rings. The van der Waals surface area contributed by atoms with Crippen molar-refractivity contribution in [2.45, 2.75) is 12.5 Å². The van der Waals surface area contributed by atoms with E-state index in [4.69, 9.17) is 0 Å². The quantitative estimate of drug-likeness (QED) is 0.627. The number of hydrogen-bond donors (Lipinski definition) is 0. The second kappa shape index (κ2) is 2.98. The first-order valence-electron chi connectivity index (χ1n) is 4.65. The number of benzene rings is 1. The van der Waals surface area contributed by atoms with Crippen LogP contribution in [0.4, 0.5) is 0 Å². The maximum Gasteiger partial charge on any atom is 0.149 e. The Morgan fingerprint density at radius 3 is 2.79 bits per heavy atom. The van der Waals surface area contributed by atoms with Crippen molar-refractivity contribution in [3.8, 4) is 0 Å². The van der Waals surface area contributed by atoms with Crippen LogP contribution >= 0.6 is 0 Å². The molecule has 0 spiro atoms. The fraction of sp³-hybridized carbons (Fsp3) is 0.250. The standard InChI is InChI=1S/C12H13NO/c1-12(9-14)11-6-4-3-5-10(11)7-8-13(12)2/h3-9H,1-2H3. The molecule has 0 fully saturated rings. The summed E-state index contributed by atoms with van der Waals surface area (Å²) in [6.45, 7) is 1.93. The lowest BCUT2D eigenvalue weighted by molar-refractivity contribution is -0.116. The average Bonchev–Trinajstić information content (AvgIpc) is 2.24. The first-order chi connectivity index (χ1) is 6.68. The molecule has 1 heterocycles. The lowest BCUT2D eigenvalue weighted by atomic mass is 9.86. The van der Waals surface area contributed by atoms with Crippen LogP contribution in [0.5, 0.6) is 0 Å². The SMILES string of the molecule is CN1C=Cc2ccccc2C1(C)C=O. The van der Waals surface area contributed by atoms with Crippen molar-refractivity contribution in [1.29, 1.82) is 0 Å². The van der Waals surface area contributed by atoms with Crippen LogP contribution in [-0.4, -0.2) is 18.2 Å². The van der Waals surface area contributed by atoms with Gasteiger partial charge >= 0.3 is 0 Å². The van der Waals surface area contributed by atoms with Crippen LogP contribution in [0.15, 0.2) is 30.5 Å². The maximum absolute atomic E-state index is 11.2. The summed E-state index contributed by atoms with van der Waals surface area (Å²) in [6.07, 6.45) is 4.96. The Kier molecular flexibility index (Phi) is 1.92. The third kappa shape index (κ3) is 1.07. The van der Waals surface area contributed by atoms with E-state index in [1.165, 1.54) is 0 Å². The molecule has 1 atom stereocenters. The third-order valence-electron chi connectivity index (χ3n) is 2.95. The molecular formula is C12H13NO. The van der Waals surface area contributed by atoms with Gasteiger partial charge in [0.1, 0.15) is 11.8 Å². The van der Waals surface area contributed by atoms with Gasteiger partial charge in [0.25, 0.3) is 0 Å². The van der Waals surface area contributed by atoms with Crippen LogP contribution < -0.4 is 0 Å². The number of hydrogen-bond acceptors (Lipinski definition) is 2. The van der Waals surface area contributed by atoms with Crippen LogP contribution in [0.3, 0.4) is 0 Å². The zero-order valence-electron chi connectivity index (χ0n) is 8.40. The first kappa shape index (κ1) is 9.00. The Bertz CT molecular complexity index is 397. The molecule has 14 heavy (non-hydrogen) atoms. The predicted molar refractivity (Wildman–Crippen MR) is 56.7 cm³/mol. The molecule has 0 radical (unpaired) electrons. The fourth-order valence-electron chi connectivity index (χ4n) is 1.79. The Labute approximate surface area is 83.8 Å². The van der Waals surface area contributed by atoms with Gasteiger partial charge in [0.05, 0.1) is 0 Å². The summed E-state index contributed by atoms with van der Waals surface area (Å²) in [5, 5.41) is 0. The van der Waals surface area contributed by atoms with Gasteiger partial charge in [0.15, 0.2) is 0 Å². The van der Waals surface area contributed by atoms with Gasteiger partial charge in [-0.1, -0.05) is 24.3 Å². The van der Waals surface area contributed by atoms with Crippen molar-refractivity contribution < 1.29 is 4.79 Å². The average molecular weight is 187 g/mol. The summed E-state index contributed by atoms with van der Waals surface area (Å²) in [6, 6.07) is 7.98. The number of carbonyl (C=O) groups excluding carboxylic acids is 1. The van der Waals surface area contributed by atoms with Crippen LogP contribution in [0.2, 0.25) is 0 Å². The van der Waals surface area contributed by atoms with Crippen molar-refractivity contribution >= 4 is 12.4 Å². The number of aldehydes is 1. The van der Waals surface area contributed by atoms with E-state index in [2.05, 4.69) is 0 Å². The molecule has 1 aromatic rings. The van der Waals surface area contributed by atoms with Crippen molar-refractivity contribution in [2.24, 2.45) is 0 Å². The first-order valence-corrected chi connectivity index (χ1v) is 4.65. The summed E-state index contributed by atoms with van der Waals surface area (Å²) in [4.78, 5) is 13.1. The van der Waals surface area contributed by atoms with Gasteiger partial charge in [-0.2, -0.15) is 0 Å². The molecule has 0 N–H and O–H groups in total. The fourth-order valence-corrected chi connectivity index (χ4v) is 1.79. The molecule has 1 unspecified atom stereocenters. The topological polar surface area (TPSA) is 20.3 Å². The molecule has 0 aliphatic carbocycles. The summed E-state index contributed by atoms with van der Waals surface area (Å²) in [5.74, 6) is 0. The molecule has 1 aliphatic heterocycles. The summed E-state index contributed by atoms with van der Waals surface area (Å²) in [5.41, 5.74) is 1.67. The zero-order valence-corrected chi connectivity index (χ0v) is 8.40. The number of carbonyl (C=O) groups is 1. The van der Waals surface area contributed by atoms with E-state index < -0.39 is 5.54 Å². The smallest absolute Gasteiger partial charge is 0.149 e. The highest BCUT2D eigenvalue weighted by Crippen LogP contribution is 2.32. The normalized spacial score (nSPS) is 24.6. The van der Waals surface area contributed by atoms with Gasteiger partial charge in [-0.25, -0.2) is 0 Å². The lowest BCUT2D eigenvalue weighted by Gasteiger charge is -2.37. The number of nitrogens with zero attached hydrogens (tertiary/aromatic N) is 1. The second-order valence-corrected chi connectivity index (χ2v) is 3.78. The highest BCUT2D eigenvalue weighted by atomic mass is 16.1. The van der Waals surface area contributed by atoms with Crippen molar-refractivity contribution in [2.75, 3.05) is 7.05 Å². The van der Waals surface area contributed by atoms with Gasteiger partial charge in [-0.05, 0) is 24.1 Å². The molecule has 2 heteroatoms. The highest BCUT2D eigenvalue weighted by molar-refractivity contribution is 5.74. The van der Waals surface area contributed by atoms with Gasteiger partial charge in [-0.15, -0.1) is 0 Å². The van der Waals surface area contributed by atoms with E-state index >= 15 is 0 Å². The molecular weight excluding hydrogens is 174 g/mol.